The number of rotatable bonds is 3. The number of carbonyl (C=O) groups excluding carboxylic acids is 2. The van der Waals surface area contributed by atoms with E-state index in [1.807, 2.05) is 13.0 Å². The molecule has 0 bridgehead atoms. The molecule has 0 saturated carbocycles. The molecule has 0 unspecified atom stereocenters. The van der Waals surface area contributed by atoms with Crippen LogP contribution in [0.15, 0.2) is 29.4 Å². The maximum Gasteiger partial charge on any atom is 0.354 e. The molecule has 1 aliphatic rings. The molecule has 1 aliphatic heterocycles. The first-order valence-corrected chi connectivity index (χ1v) is 6.73. The average Bonchev–Trinajstić information content (AvgIpc) is 2.74. The molecule has 0 radical (unpaired) electrons. The van der Waals surface area contributed by atoms with Crippen LogP contribution in [0.25, 0.3) is 0 Å². The summed E-state index contributed by atoms with van der Waals surface area (Å²) in [6, 6.07) is 6.97. The number of nitrogens with zero attached hydrogens (tertiary/aromatic N) is 2. The monoisotopic (exact) mass is 290 g/mol. The minimum Gasteiger partial charge on any atom is -0.461 e. The van der Waals surface area contributed by atoms with Gasteiger partial charge in [-0.1, -0.05) is 17.7 Å². The third kappa shape index (κ3) is 3.11. The number of benzene rings is 1. The molecule has 0 fully saturated rings. The number of amides is 1. The minimum atomic E-state index is -1.54. The fourth-order valence-electron chi connectivity index (χ4n) is 2.15. The lowest BCUT2D eigenvalue weighted by Crippen LogP contribution is -2.43. The van der Waals surface area contributed by atoms with Gasteiger partial charge in [-0.3, -0.25) is 4.79 Å². The number of carbonyl (C=O) groups is 2. The number of ether oxygens (including phenoxy) is 1. The van der Waals surface area contributed by atoms with Gasteiger partial charge >= 0.3 is 5.97 Å². The lowest BCUT2D eigenvalue weighted by molar-refractivity contribution is -0.135. The fraction of sp³-hybridized carbons (Fsp3) is 0.400. The Morgan fingerprint density at radius 2 is 2.19 bits per heavy atom. The van der Waals surface area contributed by atoms with E-state index in [9.17, 15) is 14.7 Å². The third-order valence-corrected chi connectivity index (χ3v) is 3.15. The largest absolute Gasteiger partial charge is 0.461 e. The lowest BCUT2D eigenvalue weighted by atomic mass is 10.1. The summed E-state index contributed by atoms with van der Waals surface area (Å²) in [5, 5.41) is 15.2. The van der Waals surface area contributed by atoms with Gasteiger partial charge in [0.1, 0.15) is 0 Å². The van der Waals surface area contributed by atoms with Crippen LogP contribution in [0.1, 0.15) is 36.2 Å². The molecule has 0 aliphatic carbocycles. The van der Waals surface area contributed by atoms with E-state index in [1.54, 1.807) is 25.1 Å². The zero-order chi connectivity index (χ0) is 15.6. The van der Waals surface area contributed by atoms with Crippen molar-refractivity contribution in [1.82, 2.24) is 5.01 Å². The molecular formula is C15H18N2O4. The molecule has 0 spiro atoms. The molecule has 1 aromatic rings. The van der Waals surface area contributed by atoms with Gasteiger partial charge < -0.3 is 9.84 Å². The Labute approximate surface area is 123 Å². The molecule has 1 aromatic carbocycles. The van der Waals surface area contributed by atoms with E-state index in [0.717, 1.165) is 10.6 Å². The molecular weight excluding hydrogens is 272 g/mol. The first-order chi connectivity index (χ1) is 9.85. The predicted molar refractivity (Wildman–Crippen MR) is 76.7 cm³/mol. The van der Waals surface area contributed by atoms with Crippen LogP contribution < -0.4 is 0 Å². The summed E-state index contributed by atoms with van der Waals surface area (Å²) < 4.78 is 4.85. The topological polar surface area (TPSA) is 79.2 Å². The minimum absolute atomic E-state index is 0.0443. The van der Waals surface area contributed by atoms with Gasteiger partial charge in [0.2, 0.25) is 0 Å². The molecule has 1 heterocycles. The zero-order valence-corrected chi connectivity index (χ0v) is 12.3. The summed E-state index contributed by atoms with van der Waals surface area (Å²) in [5.74, 6) is -1.07. The van der Waals surface area contributed by atoms with Crippen LogP contribution in [0, 0.1) is 6.92 Å². The number of aliphatic hydroxyl groups is 1. The highest BCUT2D eigenvalue weighted by atomic mass is 16.5. The average molecular weight is 290 g/mol. The molecule has 21 heavy (non-hydrogen) atoms. The number of hydrazone groups is 1. The van der Waals surface area contributed by atoms with E-state index in [1.165, 1.54) is 6.92 Å². The van der Waals surface area contributed by atoms with Gasteiger partial charge in [0.05, 0.1) is 6.61 Å². The molecule has 1 amide bonds. The normalized spacial score (nSPS) is 21.1. The Morgan fingerprint density at radius 3 is 2.81 bits per heavy atom. The maximum absolute atomic E-state index is 12.4. The second-order valence-corrected chi connectivity index (χ2v) is 5.15. The van der Waals surface area contributed by atoms with Gasteiger partial charge in [-0.2, -0.15) is 10.1 Å². The first-order valence-electron chi connectivity index (χ1n) is 6.73. The van der Waals surface area contributed by atoms with E-state index >= 15 is 0 Å². The quantitative estimate of drug-likeness (QED) is 0.855. The number of aryl methyl sites for hydroxylation is 1. The van der Waals surface area contributed by atoms with Crippen molar-refractivity contribution in [2.24, 2.45) is 5.10 Å². The molecule has 1 N–H and O–H groups in total. The summed E-state index contributed by atoms with van der Waals surface area (Å²) >= 11 is 0. The highest BCUT2D eigenvalue weighted by Gasteiger charge is 2.43. The van der Waals surface area contributed by atoms with E-state index in [-0.39, 0.29) is 18.7 Å². The molecule has 6 nitrogen and oxygen atoms in total. The van der Waals surface area contributed by atoms with Gasteiger partial charge in [0, 0.05) is 12.0 Å². The summed E-state index contributed by atoms with van der Waals surface area (Å²) in [7, 11) is 0. The van der Waals surface area contributed by atoms with Crippen molar-refractivity contribution in [1.29, 1.82) is 0 Å². The second kappa shape index (κ2) is 5.65. The predicted octanol–water partition coefficient (Wildman–Crippen LogP) is 1.47. The van der Waals surface area contributed by atoms with Crippen LogP contribution in [0.4, 0.5) is 0 Å². The molecule has 0 aromatic heterocycles. The molecule has 0 saturated heterocycles. The second-order valence-electron chi connectivity index (χ2n) is 5.15. The van der Waals surface area contributed by atoms with Crippen molar-refractivity contribution in [2.45, 2.75) is 32.9 Å². The first kappa shape index (κ1) is 15.2. The zero-order valence-electron chi connectivity index (χ0n) is 12.3. The van der Waals surface area contributed by atoms with E-state index in [0.29, 0.717) is 5.56 Å². The summed E-state index contributed by atoms with van der Waals surface area (Å²) in [6.07, 6.45) is -0.0522. The van der Waals surface area contributed by atoms with Gasteiger partial charge in [0.25, 0.3) is 5.91 Å². The summed E-state index contributed by atoms with van der Waals surface area (Å²) in [4.78, 5) is 24.1. The van der Waals surface area contributed by atoms with Gasteiger partial charge in [-0.15, -0.1) is 0 Å². The standard InChI is InChI=1S/C15H18N2O4/c1-4-21-14(19)12-9-15(3,20)17(16-12)13(18)11-7-5-6-10(2)8-11/h5-8,20H,4,9H2,1-3H3/t15-/m0/s1. The number of hydrogen-bond acceptors (Lipinski definition) is 5. The smallest absolute Gasteiger partial charge is 0.354 e. The van der Waals surface area contributed by atoms with Crippen LogP contribution >= 0.6 is 0 Å². The van der Waals surface area contributed by atoms with Crippen LogP contribution in [-0.2, 0) is 9.53 Å². The van der Waals surface area contributed by atoms with Crippen molar-refractivity contribution in [2.75, 3.05) is 6.61 Å². The third-order valence-electron chi connectivity index (χ3n) is 3.15. The number of esters is 1. The van der Waals surface area contributed by atoms with Crippen LogP contribution in [0.3, 0.4) is 0 Å². The Balaban J connectivity index is 2.29. The molecule has 6 heteroatoms. The van der Waals surface area contributed by atoms with Gasteiger partial charge in [-0.05, 0) is 32.9 Å². The van der Waals surface area contributed by atoms with Crippen molar-refractivity contribution in [3.05, 3.63) is 35.4 Å². The highest BCUT2D eigenvalue weighted by molar-refractivity contribution is 6.37. The van der Waals surface area contributed by atoms with Gasteiger partial charge in [0.15, 0.2) is 11.4 Å². The summed E-state index contributed by atoms with van der Waals surface area (Å²) in [5.41, 5.74) is -0.163. The van der Waals surface area contributed by atoms with Crippen LogP contribution in [0.5, 0.6) is 0 Å². The van der Waals surface area contributed by atoms with E-state index in [4.69, 9.17) is 4.74 Å². The Kier molecular flexibility index (Phi) is 4.09. The summed E-state index contributed by atoms with van der Waals surface area (Å²) in [6.45, 7) is 5.20. The van der Waals surface area contributed by atoms with E-state index in [2.05, 4.69) is 5.10 Å². The van der Waals surface area contributed by atoms with Crippen molar-refractivity contribution >= 4 is 17.6 Å². The Bertz CT molecular complexity index is 607. The number of hydrogen-bond donors (Lipinski definition) is 1. The molecule has 2 rings (SSSR count). The van der Waals surface area contributed by atoms with Gasteiger partial charge in [-0.25, -0.2) is 4.79 Å². The fourth-order valence-corrected chi connectivity index (χ4v) is 2.15. The van der Waals surface area contributed by atoms with Crippen LogP contribution in [0.2, 0.25) is 0 Å². The lowest BCUT2D eigenvalue weighted by Gasteiger charge is -2.26. The van der Waals surface area contributed by atoms with E-state index < -0.39 is 17.6 Å². The molecule has 112 valence electrons. The molecule has 1 atom stereocenters. The Hall–Kier alpha value is -2.21. The maximum atomic E-state index is 12.4. The van der Waals surface area contributed by atoms with Crippen molar-refractivity contribution in [3.63, 3.8) is 0 Å². The highest BCUT2D eigenvalue weighted by Crippen LogP contribution is 2.27. The van der Waals surface area contributed by atoms with Crippen LogP contribution in [-0.4, -0.2) is 40.0 Å². The Morgan fingerprint density at radius 1 is 1.48 bits per heavy atom. The SMILES string of the molecule is CCOC(=O)C1=NN(C(=O)c2cccc(C)c2)[C@@](C)(O)C1. The van der Waals surface area contributed by atoms with Crippen molar-refractivity contribution < 1.29 is 19.4 Å². The van der Waals surface area contributed by atoms with Crippen molar-refractivity contribution in [3.8, 4) is 0 Å².